The second-order valence-corrected chi connectivity index (χ2v) is 4.95. The Morgan fingerprint density at radius 3 is 2.30 bits per heavy atom. The van der Waals surface area contributed by atoms with Crippen LogP contribution in [0.15, 0.2) is 46.9 Å². The molecule has 0 atom stereocenters. The monoisotopic (exact) mass is 344 g/mol. The van der Waals surface area contributed by atoms with Gasteiger partial charge in [-0.15, -0.1) is 0 Å². The third kappa shape index (κ3) is 2.85. The zero-order valence-corrected chi connectivity index (χ0v) is 11.5. The number of hydrogen-bond acceptors (Lipinski definition) is 1. The second kappa shape index (κ2) is 5.28. The molecule has 0 heterocycles. The van der Waals surface area contributed by atoms with Gasteiger partial charge < -0.3 is 5.11 Å². The lowest BCUT2D eigenvalue weighted by Crippen LogP contribution is -2.09. The van der Waals surface area contributed by atoms with Gasteiger partial charge in [0, 0.05) is 4.47 Å². The fourth-order valence-electron chi connectivity index (χ4n) is 1.89. The summed E-state index contributed by atoms with van der Waals surface area (Å²) in [6, 6.07) is 9.26. The van der Waals surface area contributed by atoms with Gasteiger partial charge in [0.1, 0.15) is 0 Å². The molecule has 2 nitrogen and oxygen atoms in total. The Morgan fingerprint density at radius 1 is 1.05 bits per heavy atom. The molecule has 2 aromatic carbocycles. The smallest absolute Gasteiger partial charge is 0.417 e. The van der Waals surface area contributed by atoms with Crippen molar-refractivity contribution in [3.05, 3.63) is 58.1 Å². The Hall–Kier alpha value is -1.82. The minimum atomic E-state index is -4.56. The minimum Gasteiger partial charge on any atom is -0.478 e. The normalized spacial score (nSPS) is 11.4. The molecule has 0 aromatic heterocycles. The van der Waals surface area contributed by atoms with Crippen molar-refractivity contribution in [2.45, 2.75) is 6.18 Å². The lowest BCUT2D eigenvalue weighted by Gasteiger charge is -2.15. The maximum absolute atomic E-state index is 13.1. The van der Waals surface area contributed by atoms with Gasteiger partial charge in [0.05, 0.1) is 11.1 Å². The van der Waals surface area contributed by atoms with Crippen LogP contribution >= 0.6 is 15.9 Å². The van der Waals surface area contributed by atoms with Gasteiger partial charge in [-0.05, 0) is 29.3 Å². The molecule has 6 heteroatoms. The van der Waals surface area contributed by atoms with E-state index in [0.717, 1.165) is 6.07 Å². The summed E-state index contributed by atoms with van der Waals surface area (Å²) >= 11 is 2.99. The van der Waals surface area contributed by atoms with E-state index in [4.69, 9.17) is 5.11 Å². The van der Waals surface area contributed by atoms with Crippen LogP contribution in [0.4, 0.5) is 13.2 Å². The van der Waals surface area contributed by atoms with Crippen LogP contribution < -0.4 is 0 Å². The Balaban J connectivity index is 2.74. The first-order valence-corrected chi connectivity index (χ1v) is 6.29. The van der Waals surface area contributed by atoms with Crippen LogP contribution in [0.2, 0.25) is 0 Å². The molecule has 20 heavy (non-hydrogen) atoms. The molecule has 0 unspecified atom stereocenters. The molecule has 0 spiro atoms. The molecular weight excluding hydrogens is 337 g/mol. The first-order chi connectivity index (χ1) is 9.30. The number of hydrogen-bond donors (Lipinski definition) is 1. The van der Waals surface area contributed by atoms with E-state index in [0.29, 0.717) is 0 Å². The molecule has 0 radical (unpaired) electrons. The van der Waals surface area contributed by atoms with E-state index in [1.807, 2.05) is 0 Å². The summed E-state index contributed by atoms with van der Waals surface area (Å²) in [6.45, 7) is 0. The highest BCUT2D eigenvalue weighted by atomic mass is 79.9. The van der Waals surface area contributed by atoms with Gasteiger partial charge in [-0.2, -0.15) is 13.2 Å². The molecule has 2 aromatic rings. The summed E-state index contributed by atoms with van der Waals surface area (Å²) in [6.07, 6.45) is -4.56. The fourth-order valence-corrected chi connectivity index (χ4v) is 2.25. The van der Waals surface area contributed by atoms with Gasteiger partial charge in [0.15, 0.2) is 0 Å². The van der Waals surface area contributed by atoms with Crippen LogP contribution in [0.25, 0.3) is 11.1 Å². The van der Waals surface area contributed by atoms with Crippen molar-refractivity contribution in [3.8, 4) is 11.1 Å². The predicted octanol–water partition coefficient (Wildman–Crippen LogP) is 4.83. The van der Waals surface area contributed by atoms with E-state index in [1.165, 1.54) is 36.4 Å². The molecule has 1 N–H and O–H groups in total. The van der Waals surface area contributed by atoms with Crippen molar-refractivity contribution in [3.63, 3.8) is 0 Å². The number of carbonyl (C=O) groups is 1. The van der Waals surface area contributed by atoms with Crippen molar-refractivity contribution < 1.29 is 23.1 Å². The van der Waals surface area contributed by atoms with E-state index in [2.05, 4.69) is 15.9 Å². The highest BCUT2D eigenvalue weighted by Gasteiger charge is 2.34. The number of carboxylic acids is 1. The first-order valence-electron chi connectivity index (χ1n) is 5.50. The summed E-state index contributed by atoms with van der Waals surface area (Å²) in [7, 11) is 0. The van der Waals surface area contributed by atoms with E-state index >= 15 is 0 Å². The van der Waals surface area contributed by atoms with Crippen LogP contribution in [0.1, 0.15) is 15.9 Å². The number of carboxylic acid groups (broad SMARTS) is 1. The SMILES string of the molecule is O=C(O)c1ccccc1-c1ccc(Br)cc1C(F)(F)F. The van der Waals surface area contributed by atoms with Crippen LogP contribution in [-0.2, 0) is 6.18 Å². The zero-order valence-electron chi connectivity index (χ0n) is 9.91. The van der Waals surface area contributed by atoms with E-state index in [9.17, 15) is 18.0 Å². The first kappa shape index (κ1) is 14.6. The van der Waals surface area contributed by atoms with Crippen molar-refractivity contribution >= 4 is 21.9 Å². The molecule has 0 fully saturated rings. The molecule has 0 saturated carbocycles. The largest absolute Gasteiger partial charge is 0.478 e. The van der Waals surface area contributed by atoms with Gasteiger partial charge >= 0.3 is 12.1 Å². The van der Waals surface area contributed by atoms with E-state index in [1.54, 1.807) is 0 Å². The average Bonchev–Trinajstić information content (AvgIpc) is 2.37. The summed E-state index contributed by atoms with van der Waals surface area (Å²) in [5.74, 6) is -1.27. The van der Waals surface area contributed by atoms with Gasteiger partial charge in [-0.25, -0.2) is 4.79 Å². The number of benzene rings is 2. The van der Waals surface area contributed by atoms with Crippen molar-refractivity contribution in [2.75, 3.05) is 0 Å². The van der Waals surface area contributed by atoms with Crippen LogP contribution in [0.3, 0.4) is 0 Å². The van der Waals surface area contributed by atoms with Gasteiger partial charge in [-0.1, -0.05) is 40.2 Å². The molecule has 0 aliphatic rings. The van der Waals surface area contributed by atoms with Crippen molar-refractivity contribution in [2.24, 2.45) is 0 Å². The summed E-state index contributed by atoms with van der Waals surface area (Å²) in [5.41, 5.74) is -1.15. The van der Waals surface area contributed by atoms with Crippen LogP contribution in [-0.4, -0.2) is 11.1 Å². The fraction of sp³-hybridized carbons (Fsp3) is 0.0714. The average molecular weight is 345 g/mol. The van der Waals surface area contributed by atoms with Gasteiger partial charge in [0.25, 0.3) is 0 Å². The number of halogens is 4. The zero-order chi connectivity index (χ0) is 14.9. The Bertz CT molecular complexity index is 666. The van der Waals surface area contributed by atoms with Crippen molar-refractivity contribution in [1.82, 2.24) is 0 Å². The lowest BCUT2D eigenvalue weighted by atomic mass is 9.95. The number of rotatable bonds is 2. The molecule has 0 aliphatic heterocycles. The summed E-state index contributed by atoms with van der Waals surface area (Å²) < 4.78 is 39.5. The quantitative estimate of drug-likeness (QED) is 0.846. The molecular formula is C14H8BrF3O2. The number of alkyl halides is 3. The molecule has 0 amide bonds. The molecule has 0 saturated heterocycles. The standard InChI is InChI=1S/C14H8BrF3O2/c15-8-5-6-10(12(7-8)14(16,17)18)9-3-1-2-4-11(9)13(19)20/h1-7H,(H,19,20). The third-order valence-corrected chi connectivity index (χ3v) is 3.23. The van der Waals surface area contributed by atoms with Gasteiger partial charge in [-0.3, -0.25) is 0 Å². The maximum atomic E-state index is 13.1. The molecule has 0 aliphatic carbocycles. The third-order valence-electron chi connectivity index (χ3n) is 2.73. The van der Waals surface area contributed by atoms with Crippen molar-refractivity contribution in [1.29, 1.82) is 0 Å². The second-order valence-electron chi connectivity index (χ2n) is 4.04. The molecule has 2 rings (SSSR count). The van der Waals surface area contributed by atoms with E-state index < -0.39 is 17.7 Å². The molecule has 0 bridgehead atoms. The lowest BCUT2D eigenvalue weighted by molar-refractivity contribution is -0.137. The Kier molecular flexibility index (Phi) is 3.85. The Morgan fingerprint density at radius 2 is 1.70 bits per heavy atom. The minimum absolute atomic E-state index is 0.0415. The van der Waals surface area contributed by atoms with Gasteiger partial charge in [0.2, 0.25) is 0 Å². The van der Waals surface area contributed by atoms with Crippen LogP contribution in [0, 0.1) is 0 Å². The maximum Gasteiger partial charge on any atom is 0.417 e. The van der Waals surface area contributed by atoms with Crippen LogP contribution in [0.5, 0.6) is 0 Å². The number of aromatic carboxylic acids is 1. The molecule has 104 valence electrons. The highest BCUT2D eigenvalue weighted by molar-refractivity contribution is 9.10. The predicted molar refractivity (Wildman–Crippen MR) is 71.5 cm³/mol. The topological polar surface area (TPSA) is 37.3 Å². The highest BCUT2D eigenvalue weighted by Crippen LogP contribution is 2.39. The summed E-state index contributed by atoms with van der Waals surface area (Å²) in [4.78, 5) is 11.1. The summed E-state index contributed by atoms with van der Waals surface area (Å²) in [5, 5.41) is 9.08. The van der Waals surface area contributed by atoms with E-state index in [-0.39, 0.29) is 21.2 Å². The Labute approximate surface area is 121 Å².